The molecule has 0 bridgehead atoms. The molecule has 0 atom stereocenters. The highest BCUT2D eigenvalue weighted by molar-refractivity contribution is 7.98. The predicted octanol–water partition coefficient (Wildman–Crippen LogP) is 4.87. The van der Waals surface area contributed by atoms with Crippen molar-refractivity contribution in [3.8, 4) is 5.75 Å². The third-order valence-corrected chi connectivity index (χ3v) is 4.58. The van der Waals surface area contributed by atoms with Crippen molar-refractivity contribution in [3.63, 3.8) is 0 Å². The molecule has 3 heteroatoms. The molecule has 21 heavy (non-hydrogen) atoms. The zero-order chi connectivity index (χ0) is 15.5. The van der Waals surface area contributed by atoms with Crippen LogP contribution in [0, 0.1) is 0 Å². The second-order valence-electron chi connectivity index (χ2n) is 6.14. The summed E-state index contributed by atoms with van der Waals surface area (Å²) in [5.41, 5.74) is 9.67. The number of benzene rings is 2. The summed E-state index contributed by atoms with van der Waals surface area (Å²) in [6.07, 6.45) is 0. The number of rotatable bonds is 4. The summed E-state index contributed by atoms with van der Waals surface area (Å²) in [5.74, 6) is 1.75. The third kappa shape index (κ3) is 4.18. The molecule has 0 heterocycles. The van der Waals surface area contributed by atoms with Crippen molar-refractivity contribution in [2.75, 3.05) is 12.8 Å². The topological polar surface area (TPSA) is 35.2 Å². The SMILES string of the molecule is COc1ccc(N)c(SCc2ccc(C(C)(C)C)cc2)c1. The van der Waals surface area contributed by atoms with Gasteiger partial charge in [0.2, 0.25) is 0 Å². The monoisotopic (exact) mass is 301 g/mol. The van der Waals surface area contributed by atoms with E-state index in [0.717, 1.165) is 22.1 Å². The van der Waals surface area contributed by atoms with Crippen LogP contribution in [0.1, 0.15) is 31.9 Å². The van der Waals surface area contributed by atoms with Crippen LogP contribution < -0.4 is 10.5 Å². The van der Waals surface area contributed by atoms with Crippen molar-refractivity contribution in [1.29, 1.82) is 0 Å². The molecule has 0 aliphatic carbocycles. The Bertz CT molecular complexity index is 600. The lowest BCUT2D eigenvalue weighted by atomic mass is 9.87. The molecular formula is C18H23NOS. The van der Waals surface area contributed by atoms with Crippen molar-refractivity contribution in [2.45, 2.75) is 36.8 Å². The Kier molecular flexibility index (Phi) is 4.84. The lowest BCUT2D eigenvalue weighted by Gasteiger charge is -2.19. The zero-order valence-corrected chi connectivity index (χ0v) is 14.0. The largest absolute Gasteiger partial charge is 0.497 e. The smallest absolute Gasteiger partial charge is 0.120 e. The molecule has 2 aromatic rings. The Balaban J connectivity index is 2.06. The summed E-state index contributed by atoms with van der Waals surface area (Å²) in [6.45, 7) is 6.69. The van der Waals surface area contributed by atoms with Gasteiger partial charge in [0.1, 0.15) is 5.75 Å². The Labute approximate surface area is 131 Å². The molecule has 2 rings (SSSR count). The molecule has 2 aromatic carbocycles. The minimum Gasteiger partial charge on any atom is -0.497 e. The first-order chi connectivity index (χ1) is 9.90. The number of methoxy groups -OCH3 is 1. The van der Waals surface area contributed by atoms with Crippen LogP contribution in [-0.2, 0) is 11.2 Å². The fourth-order valence-corrected chi connectivity index (χ4v) is 2.98. The lowest BCUT2D eigenvalue weighted by Crippen LogP contribution is -2.10. The lowest BCUT2D eigenvalue weighted by molar-refractivity contribution is 0.414. The number of nitrogen functional groups attached to an aromatic ring is 1. The molecule has 0 saturated heterocycles. The van der Waals surface area contributed by atoms with E-state index in [-0.39, 0.29) is 5.41 Å². The molecule has 0 fully saturated rings. The van der Waals surface area contributed by atoms with E-state index in [9.17, 15) is 0 Å². The van der Waals surface area contributed by atoms with Gasteiger partial charge < -0.3 is 10.5 Å². The summed E-state index contributed by atoms with van der Waals surface area (Å²) in [4.78, 5) is 1.06. The predicted molar refractivity (Wildman–Crippen MR) is 92.1 cm³/mol. The van der Waals surface area contributed by atoms with Crippen LogP contribution in [0.4, 0.5) is 5.69 Å². The van der Waals surface area contributed by atoms with Gasteiger partial charge in [0.05, 0.1) is 7.11 Å². The van der Waals surface area contributed by atoms with Gasteiger partial charge >= 0.3 is 0 Å². The first-order valence-corrected chi connectivity index (χ1v) is 8.04. The van der Waals surface area contributed by atoms with Crippen LogP contribution in [0.2, 0.25) is 0 Å². The molecule has 0 amide bonds. The molecule has 112 valence electrons. The molecule has 0 aromatic heterocycles. The molecule has 0 unspecified atom stereocenters. The fourth-order valence-electron chi connectivity index (χ4n) is 2.03. The maximum atomic E-state index is 6.01. The highest BCUT2D eigenvalue weighted by Gasteiger charge is 2.12. The maximum absolute atomic E-state index is 6.01. The molecule has 0 saturated carbocycles. The van der Waals surface area contributed by atoms with E-state index < -0.39 is 0 Å². The van der Waals surface area contributed by atoms with Crippen LogP contribution in [-0.4, -0.2) is 7.11 Å². The van der Waals surface area contributed by atoms with E-state index >= 15 is 0 Å². The average molecular weight is 301 g/mol. The second-order valence-corrected chi connectivity index (χ2v) is 7.16. The van der Waals surface area contributed by atoms with Crippen LogP contribution in [0.15, 0.2) is 47.4 Å². The van der Waals surface area contributed by atoms with Gasteiger partial charge in [0, 0.05) is 16.3 Å². The standard InChI is InChI=1S/C18H23NOS/c1-18(2,3)14-7-5-13(6-8-14)12-21-17-11-15(20-4)9-10-16(17)19/h5-11H,12,19H2,1-4H3. The average Bonchev–Trinajstić information content (AvgIpc) is 2.46. The van der Waals surface area contributed by atoms with Gasteiger partial charge in [0.25, 0.3) is 0 Å². The minimum atomic E-state index is 0.197. The van der Waals surface area contributed by atoms with Crippen molar-refractivity contribution >= 4 is 17.4 Å². The first-order valence-electron chi connectivity index (χ1n) is 7.06. The van der Waals surface area contributed by atoms with Gasteiger partial charge in [-0.15, -0.1) is 11.8 Å². The van der Waals surface area contributed by atoms with Gasteiger partial charge in [-0.25, -0.2) is 0 Å². The van der Waals surface area contributed by atoms with E-state index in [2.05, 4.69) is 45.0 Å². The zero-order valence-electron chi connectivity index (χ0n) is 13.1. The summed E-state index contributed by atoms with van der Waals surface area (Å²) in [5, 5.41) is 0. The number of anilines is 1. The molecule has 0 aliphatic heterocycles. The number of hydrogen-bond acceptors (Lipinski definition) is 3. The minimum absolute atomic E-state index is 0.197. The van der Waals surface area contributed by atoms with E-state index in [0.29, 0.717) is 0 Å². The Morgan fingerprint density at radius 1 is 1.05 bits per heavy atom. The third-order valence-electron chi connectivity index (χ3n) is 3.44. The van der Waals surface area contributed by atoms with Gasteiger partial charge in [0.15, 0.2) is 0 Å². The number of nitrogens with two attached hydrogens (primary N) is 1. The Morgan fingerprint density at radius 2 is 1.71 bits per heavy atom. The first kappa shape index (κ1) is 15.8. The van der Waals surface area contributed by atoms with Crippen molar-refractivity contribution in [1.82, 2.24) is 0 Å². The van der Waals surface area contributed by atoms with Crippen molar-refractivity contribution in [2.24, 2.45) is 0 Å². The van der Waals surface area contributed by atoms with Gasteiger partial charge in [-0.1, -0.05) is 45.0 Å². The van der Waals surface area contributed by atoms with E-state index in [1.807, 2.05) is 18.2 Å². The Morgan fingerprint density at radius 3 is 2.29 bits per heavy atom. The second kappa shape index (κ2) is 6.44. The Hall–Kier alpha value is -1.61. The highest BCUT2D eigenvalue weighted by atomic mass is 32.2. The number of ether oxygens (including phenoxy) is 1. The molecule has 2 N–H and O–H groups in total. The van der Waals surface area contributed by atoms with Crippen molar-refractivity contribution in [3.05, 3.63) is 53.6 Å². The summed E-state index contributed by atoms with van der Waals surface area (Å²) >= 11 is 1.74. The van der Waals surface area contributed by atoms with E-state index in [4.69, 9.17) is 10.5 Å². The van der Waals surface area contributed by atoms with Gasteiger partial charge in [-0.3, -0.25) is 0 Å². The number of hydrogen-bond donors (Lipinski definition) is 1. The quantitative estimate of drug-likeness (QED) is 0.646. The summed E-state index contributed by atoms with van der Waals surface area (Å²) in [6, 6.07) is 14.6. The van der Waals surface area contributed by atoms with Gasteiger partial charge in [-0.2, -0.15) is 0 Å². The van der Waals surface area contributed by atoms with E-state index in [1.165, 1.54) is 11.1 Å². The highest BCUT2D eigenvalue weighted by Crippen LogP contribution is 2.32. The van der Waals surface area contributed by atoms with Crippen LogP contribution in [0.3, 0.4) is 0 Å². The van der Waals surface area contributed by atoms with Gasteiger partial charge in [-0.05, 0) is 34.7 Å². The molecule has 2 nitrogen and oxygen atoms in total. The summed E-state index contributed by atoms with van der Waals surface area (Å²) < 4.78 is 5.25. The number of thioether (sulfide) groups is 1. The normalized spacial score (nSPS) is 11.4. The molecule has 0 radical (unpaired) electrons. The van der Waals surface area contributed by atoms with Crippen LogP contribution in [0.5, 0.6) is 5.75 Å². The van der Waals surface area contributed by atoms with Crippen molar-refractivity contribution < 1.29 is 4.74 Å². The maximum Gasteiger partial charge on any atom is 0.120 e. The summed E-state index contributed by atoms with van der Waals surface area (Å²) in [7, 11) is 1.67. The van der Waals surface area contributed by atoms with E-state index in [1.54, 1.807) is 18.9 Å². The fraction of sp³-hybridized carbons (Fsp3) is 0.333. The molecule has 0 spiro atoms. The molecular weight excluding hydrogens is 278 g/mol. The van der Waals surface area contributed by atoms with Crippen LogP contribution in [0.25, 0.3) is 0 Å². The molecule has 0 aliphatic rings. The van der Waals surface area contributed by atoms with Crippen LogP contribution >= 0.6 is 11.8 Å².